The summed E-state index contributed by atoms with van der Waals surface area (Å²) in [7, 11) is -6.66. The van der Waals surface area contributed by atoms with Crippen molar-refractivity contribution in [2.24, 2.45) is 0 Å². The van der Waals surface area contributed by atoms with Crippen LogP contribution < -0.4 is 0 Å². The molecule has 0 saturated carbocycles. The SMILES string of the molecule is O=C(F)OC(=O)C(F)(F)C(F)(F)S(=O)(=O)O. The lowest BCUT2D eigenvalue weighted by atomic mass is 10.3. The second kappa shape index (κ2) is 3.93. The average Bonchev–Trinajstić information content (AvgIpc) is 2.00. The minimum Gasteiger partial charge on any atom is -0.362 e. The highest BCUT2D eigenvalue weighted by molar-refractivity contribution is 7.87. The van der Waals surface area contributed by atoms with Crippen LogP contribution in [0, 0.1) is 0 Å². The van der Waals surface area contributed by atoms with E-state index in [1.54, 1.807) is 0 Å². The highest BCUT2D eigenvalue weighted by Gasteiger charge is 2.71. The first-order valence-electron chi connectivity index (χ1n) is 2.98. The Kier molecular flexibility index (Phi) is 3.61. The first kappa shape index (κ1) is 14.7. The number of rotatable bonds is 3. The monoisotopic (exact) mass is 272 g/mol. The standard InChI is InChI=1S/C4HF5O6S/c5-2(11)15-1(10)3(6,7)4(8,9)16(12,13)14/h(H,12,13,14). The van der Waals surface area contributed by atoms with Crippen LogP contribution in [0.15, 0.2) is 0 Å². The lowest BCUT2D eigenvalue weighted by molar-refractivity contribution is -0.199. The number of halogens is 5. The maximum absolute atomic E-state index is 12.4. The largest absolute Gasteiger partial charge is 0.503 e. The zero-order valence-electron chi connectivity index (χ0n) is 6.79. The lowest BCUT2D eigenvalue weighted by Gasteiger charge is -2.20. The minimum atomic E-state index is -6.66. The molecule has 1 N–H and O–H groups in total. The number of ether oxygens (including phenoxy) is 1. The number of esters is 1. The summed E-state index contributed by atoms with van der Waals surface area (Å²) < 4.78 is 90.4. The van der Waals surface area contributed by atoms with E-state index in [-0.39, 0.29) is 0 Å². The van der Waals surface area contributed by atoms with Crippen molar-refractivity contribution in [1.82, 2.24) is 0 Å². The molecule has 0 unspecified atom stereocenters. The van der Waals surface area contributed by atoms with Crippen molar-refractivity contribution in [1.29, 1.82) is 0 Å². The van der Waals surface area contributed by atoms with Gasteiger partial charge in [-0.3, -0.25) is 4.55 Å². The fraction of sp³-hybridized carbons (Fsp3) is 0.500. The maximum Gasteiger partial charge on any atom is 0.503 e. The van der Waals surface area contributed by atoms with Crippen LogP contribution in [-0.4, -0.2) is 36.3 Å². The molecular weight excluding hydrogens is 271 g/mol. The van der Waals surface area contributed by atoms with Gasteiger partial charge in [0.1, 0.15) is 0 Å². The molecule has 0 aliphatic heterocycles. The molecule has 0 atom stereocenters. The summed E-state index contributed by atoms with van der Waals surface area (Å²) >= 11 is 0. The molecule has 0 rings (SSSR count). The van der Waals surface area contributed by atoms with Gasteiger partial charge in [-0.1, -0.05) is 0 Å². The molecule has 12 heteroatoms. The predicted octanol–water partition coefficient (Wildman–Crippen LogP) is 0.735. The van der Waals surface area contributed by atoms with Gasteiger partial charge in [-0.15, -0.1) is 4.39 Å². The van der Waals surface area contributed by atoms with Crippen molar-refractivity contribution < 1.29 is 49.2 Å². The molecule has 0 saturated heterocycles. The number of carbonyl (C=O) groups excluding carboxylic acids is 2. The van der Waals surface area contributed by atoms with E-state index in [2.05, 4.69) is 4.74 Å². The highest BCUT2D eigenvalue weighted by Crippen LogP contribution is 2.39. The quantitative estimate of drug-likeness (QED) is 0.267. The van der Waals surface area contributed by atoms with Gasteiger partial charge < -0.3 is 4.74 Å². The van der Waals surface area contributed by atoms with Gasteiger partial charge in [0.2, 0.25) is 0 Å². The van der Waals surface area contributed by atoms with Gasteiger partial charge in [0.05, 0.1) is 0 Å². The van der Waals surface area contributed by atoms with Gasteiger partial charge in [0.25, 0.3) is 0 Å². The van der Waals surface area contributed by atoms with E-state index in [9.17, 15) is 40.0 Å². The Morgan fingerprint density at radius 1 is 1.12 bits per heavy atom. The Labute approximate surface area is 83.7 Å². The summed E-state index contributed by atoms with van der Waals surface area (Å²) in [6.45, 7) is 0. The molecule has 0 aromatic carbocycles. The second-order valence-corrected chi connectivity index (χ2v) is 3.66. The smallest absolute Gasteiger partial charge is 0.362 e. The van der Waals surface area contributed by atoms with E-state index in [1.165, 1.54) is 0 Å². The summed E-state index contributed by atoms with van der Waals surface area (Å²) in [5.41, 5.74) is 0. The van der Waals surface area contributed by atoms with Crippen molar-refractivity contribution in [2.75, 3.05) is 0 Å². The fourth-order valence-corrected chi connectivity index (χ4v) is 0.825. The van der Waals surface area contributed by atoms with Crippen LogP contribution in [0.1, 0.15) is 0 Å². The predicted molar refractivity (Wildman–Crippen MR) is 34.0 cm³/mol. The van der Waals surface area contributed by atoms with E-state index < -0.39 is 33.5 Å². The number of hydrogen-bond acceptors (Lipinski definition) is 5. The highest BCUT2D eigenvalue weighted by atomic mass is 32.2. The second-order valence-electron chi connectivity index (χ2n) is 2.19. The average molecular weight is 272 g/mol. The number of carbonyl (C=O) groups is 2. The van der Waals surface area contributed by atoms with Crippen molar-refractivity contribution in [3.8, 4) is 0 Å². The van der Waals surface area contributed by atoms with Crippen molar-refractivity contribution in [3.05, 3.63) is 0 Å². The molecule has 6 nitrogen and oxygen atoms in total. The van der Waals surface area contributed by atoms with E-state index in [0.717, 1.165) is 0 Å². The van der Waals surface area contributed by atoms with Crippen LogP contribution in [0.4, 0.5) is 26.7 Å². The van der Waals surface area contributed by atoms with Crippen LogP contribution in [-0.2, 0) is 19.6 Å². The molecule has 0 heterocycles. The Hall–Kier alpha value is -1.30. The van der Waals surface area contributed by atoms with E-state index in [4.69, 9.17) is 4.55 Å². The zero-order chi connectivity index (χ0) is 13.4. The van der Waals surface area contributed by atoms with Crippen LogP contribution in [0.2, 0.25) is 0 Å². The van der Waals surface area contributed by atoms with E-state index in [1.807, 2.05) is 0 Å². The molecule has 0 aliphatic carbocycles. The number of hydrogen-bond donors (Lipinski definition) is 1. The first-order valence-corrected chi connectivity index (χ1v) is 4.42. The molecule has 0 amide bonds. The fourth-order valence-electron chi connectivity index (χ4n) is 0.418. The first-order chi connectivity index (χ1) is 6.84. The molecule has 0 bridgehead atoms. The molecule has 0 aromatic heterocycles. The van der Waals surface area contributed by atoms with E-state index >= 15 is 0 Å². The van der Waals surface area contributed by atoms with Gasteiger partial charge in [-0.05, 0) is 0 Å². The van der Waals surface area contributed by atoms with Crippen LogP contribution in [0.3, 0.4) is 0 Å². The van der Waals surface area contributed by atoms with Crippen molar-refractivity contribution in [2.45, 2.75) is 11.2 Å². The number of alkyl halides is 4. The summed E-state index contributed by atoms with van der Waals surface area (Å²) in [6.07, 6.45) is -3.14. The Morgan fingerprint density at radius 2 is 1.50 bits per heavy atom. The van der Waals surface area contributed by atoms with Gasteiger partial charge in [0, 0.05) is 0 Å². The molecular formula is C4HF5O6S. The summed E-state index contributed by atoms with van der Waals surface area (Å²) in [4.78, 5) is 19.5. The third-order valence-corrected chi connectivity index (χ3v) is 2.02. The zero-order valence-corrected chi connectivity index (χ0v) is 7.60. The maximum atomic E-state index is 12.4. The molecule has 16 heavy (non-hydrogen) atoms. The normalized spacial score (nSPS) is 13.4. The van der Waals surface area contributed by atoms with Crippen LogP contribution >= 0.6 is 0 Å². The Morgan fingerprint density at radius 3 is 1.75 bits per heavy atom. The minimum absolute atomic E-state index is 2.45. The Bertz CT molecular complexity index is 413. The molecule has 0 spiro atoms. The van der Waals surface area contributed by atoms with E-state index in [0.29, 0.717) is 0 Å². The molecule has 0 radical (unpaired) electrons. The van der Waals surface area contributed by atoms with Crippen molar-refractivity contribution >= 4 is 22.3 Å². The summed E-state index contributed by atoms with van der Waals surface area (Å²) in [5.74, 6) is -9.58. The lowest BCUT2D eigenvalue weighted by Crippen LogP contribution is -2.52. The van der Waals surface area contributed by atoms with Crippen LogP contribution in [0.5, 0.6) is 0 Å². The van der Waals surface area contributed by atoms with Gasteiger partial charge in [-0.25, -0.2) is 9.59 Å². The molecule has 0 fully saturated rings. The Balaban J connectivity index is 5.36. The topological polar surface area (TPSA) is 97.7 Å². The summed E-state index contributed by atoms with van der Waals surface area (Å²) in [5, 5.41) is -6.26. The molecule has 0 aromatic rings. The summed E-state index contributed by atoms with van der Waals surface area (Å²) in [6, 6.07) is 0. The molecule has 0 aliphatic rings. The van der Waals surface area contributed by atoms with Gasteiger partial charge in [-0.2, -0.15) is 26.0 Å². The van der Waals surface area contributed by atoms with Crippen LogP contribution in [0.25, 0.3) is 0 Å². The van der Waals surface area contributed by atoms with Gasteiger partial charge >= 0.3 is 33.5 Å². The third kappa shape index (κ3) is 2.44. The van der Waals surface area contributed by atoms with Crippen molar-refractivity contribution in [3.63, 3.8) is 0 Å². The molecule has 94 valence electrons. The third-order valence-electron chi connectivity index (χ3n) is 1.12. The van der Waals surface area contributed by atoms with Gasteiger partial charge in [0.15, 0.2) is 0 Å².